The molecule has 0 aromatic heterocycles. The molecule has 1 heterocycles. The van der Waals surface area contributed by atoms with E-state index in [9.17, 15) is 9.59 Å². The Kier molecular flexibility index (Phi) is 5.46. The second-order valence-corrected chi connectivity index (χ2v) is 7.73. The molecule has 1 aliphatic carbocycles. The van der Waals surface area contributed by atoms with E-state index < -0.39 is 5.25 Å². The number of carbonyl (C=O) groups is 2. The lowest BCUT2D eigenvalue weighted by atomic mass is 10.2. The third-order valence-electron chi connectivity index (χ3n) is 4.31. The summed E-state index contributed by atoms with van der Waals surface area (Å²) in [5, 5.41) is 6.46. The number of amides is 2. The van der Waals surface area contributed by atoms with Gasteiger partial charge in [-0.1, -0.05) is 42.3 Å². The van der Waals surface area contributed by atoms with Crippen LogP contribution in [0.2, 0.25) is 5.02 Å². The molecule has 2 aliphatic rings. The highest BCUT2D eigenvalue weighted by Gasteiger charge is 2.32. The van der Waals surface area contributed by atoms with E-state index in [2.05, 4.69) is 15.6 Å². The molecule has 128 valence electrons. The van der Waals surface area contributed by atoms with Gasteiger partial charge in [-0.05, 0) is 37.5 Å². The average Bonchev–Trinajstić information content (AvgIpc) is 3.15. The highest BCUT2D eigenvalue weighted by molar-refractivity contribution is 8.15. The van der Waals surface area contributed by atoms with Crippen molar-refractivity contribution in [2.45, 2.75) is 50.3 Å². The number of nitrogens with zero attached hydrogens (tertiary/aromatic N) is 1. The van der Waals surface area contributed by atoms with E-state index in [1.807, 2.05) is 6.92 Å². The second kappa shape index (κ2) is 7.57. The monoisotopic (exact) mass is 365 g/mol. The largest absolute Gasteiger partial charge is 0.326 e. The van der Waals surface area contributed by atoms with Crippen LogP contribution in [-0.4, -0.2) is 28.3 Å². The van der Waals surface area contributed by atoms with E-state index in [4.69, 9.17) is 11.6 Å². The van der Waals surface area contributed by atoms with Gasteiger partial charge in [0.2, 0.25) is 11.8 Å². The number of carbonyl (C=O) groups excluding carboxylic acids is 2. The molecule has 0 bridgehead atoms. The predicted molar refractivity (Wildman–Crippen MR) is 98.6 cm³/mol. The molecule has 1 aromatic carbocycles. The molecule has 0 unspecified atom stereocenters. The van der Waals surface area contributed by atoms with Gasteiger partial charge in [-0.15, -0.1) is 0 Å². The topological polar surface area (TPSA) is 70.6 Å². The van der Waals surface area contributed by atoms with Crippen molar-refractivity contribution in [2.24, 2.45) is 4.99 Å². The first-order valence-electron chi connectivity index (χ1n) is 8.13. The van der Waals surface area contributed by atoms with Crippen LogP contribution >= 0.6 is 23.4 Å². The average molecular weight is 366 g/mol. The van der Waals surface area contributed by atoms with Crippen molar-refractivity contribution in [2.75, 3.05) is 5.32 Å². The number of hydrogen-bond acceptors (Lipinski definition) is 4. The van der Waals surface area contributed by atoms with Crippen LogP contribution in [0.1, 0.15) is 37.7 Å². The highest BCUT2D eigenvalue weighted by atomic mass is 35.5. The van der Waals surface area contributed by atoms with E-state index >= 15 is 0 Å². The number of nitrogens with one attached hydrogen (secondary N) is 2. The maximum atomic E-state index is 12.2. The number of rotatable bonds is 4. The Morgan fingerprint density at radius 3 is 2.92 bits per heavy atom. The second-order valence-electron chi connectivity index (χ2n) is 6.13. The molecule has 1 saturated carbocycles. The molecular formula is C17H20ClN3O2S. The number of aliphatic imine (C=N–C) groups is 1. The minimum atomic E-state index is -0.426. The molecule has 24 heavy (non-hydrogen) atoms. The summed E-state index contributed by atoms with van der Waals surface area (Å²) in [4.78, 5) is 28.9. The molecule has 2 amide bonds. The first kappa shape index (κ1) is 17.3. The molecule has 1 saturated heterocycles. The van der Waals surface area contributed by atoms with E-state index in [-0.39, 0.29) is 18.2 Å². The summed E-state index contributed by atoms with van der Waals surface area (Å²) in [5.74, 6) is -0.343. The first-order valence-corrected chi connectivity index (χ1v) is 9.39. The van der Waals surface area contributed by atoms with E-state index in [0.717, 1.165) is 18.4 Å². The van der Waals surface area contributed by atoms with Gasteiger partial charge in [-0.2, -0.15) is 0 Å². The van der Waals surface area contributed by atoms with E-state index in [1.54, 1.807) is 18.2 Å². The van der Waals surface area contributed by atoms with E-state index in [0.29, 0.717) is 21.9 Å². The molecule has 1 atom stereocenters. The van der Waals surface area contributed by atoms with Gasteiger partial charge < -0.3 is 10.6 Å². The highest BCUT2D eigenvalue weighted by Crippen LogP contribution is 2.28. The number of anilines is 1. The number of amidine groups is 1. The molecule has 1 aromatic rings. The Labute approximate surface area is 150 Å². The standard InChI is InChI=1S/C17H20ClN3O2S/c1-10-12(18)7-4-8-13(10)20-15(22)9-14-16(23)21-17(24-14)19-11-5-2-3-6-11/h4,7-8,11,14H,2-3,5-6,9H2,1H3,(H,20,22)(H,19,21,23)/t14-/m1/s1. The first-order chi connectivity index (χ1) is 11.5. The molecule has 3 rings (SSSR count). The fourth-order valence-corrected chi connectivity index (χ4v) is 4.13. The molecule has 7 heteroatoms. The summed E-state index contributed by atoms with van der Waals surface area (Å²) < 4.78 is 0. The minimum absolute atomic E-state index is 0.117. The third-order valence-corrected chi connectivity index (χ3v) is 5.82. The lowest BCUT2D eigenvalue weighted by Gasteiger charge is -2.10. The van der Waals surface area contributed by atoms with Crippen LogP contribution in [0, 0.1) is 6.92 Å². The van der Waals surface area contributed by atoms with Crippen LogP contribution in [0.3, 0.4) is 0 Å². The van der Waals surface area contributed by atoms with Crippen LogP contribution in [0.25, 0.3) is 0 Å². The SMILES string of the molecule is Cc1c(Cl)cccc1NC(=O)C[C@H]1SC(=NC2CCCC2)NC1=O. The molecular weight excluding hydrogens is 346 g/mol. The van der Waals surface area contributed by atoms with Gasteiger partial charge in [0.1, 0.15) is 5.25 Å². The Hall–Kier alpha value is -1.53. The zero-order chi connectivity index (χ0) is 17.1. The summed E-state index contributed by atoms with van der Waals surface area (Å²) in [6.45, 7) is 1.85. The van der Waals surface area contributed by atoms with Gasteiger partial charge in [-0.25, -0.2) is 0 Å². The smallest absolute Gasteiger partial charge is 0.240 e. The van der Waals surface area contributed by atoms with Crippen molar-refractivity contribution in [3.63, 3.8) is 0 Å². The van der Waals surface area contributed by atoms with Crippen molar-refractivity contribution in [3.05, 3.63) is 28.8 Å². The summed E-state index contributed by atoms with van der Waals surface area (Å²) in [5.41, 5.74) is 1.50. The van der Waals surface area contributed by atoms with Crippen LogP contribution in [0.5, 0.6) is 0 Å². The van der Waals surface area contributed by atoms with Gasteiger partial charge in [0, 0.05) is 17.1 Å². The van der Waals surface area contributed by atoms with E-state index in [1.165, 1.54) is 24.6 Å². The number of halogens is 1. The Bertz CT molecular complexity index is 686. The van der Waals surface area contributed by atoms with Gasteiger partial charge >= 0.3 is 0 Å². The maximum absolute atomic E-state index is 12.2. The zero-order valence-electron chi connectivity index (χ0n) is 13.5. The Morgan fingerprint density at radius 1 is 1.42 bits per heavy atom. The zero-order valence-corrected chi connectivity index (χ0v) is 15.0. The van der Waals surface area contributed by atoms with Gasteiger partial charge in [0.05, 0.1) is 6.04 Å². The quantitative estimate of drug-likeness (QED) is 0.857. The van der Waals surface area contributed by atoms with Crippen molar-refractivity contribution in [1.29, 1.82) is 0 Å². The lowest BCUT2D eigenvalue weighted by Crippen LogP contribution is -2.28. The van der Waals surface area contributed by atoms with Crippen LogP contribution in [0.15, 0.2) is 23.2 Å². The van der Waals surface area contributed by atoms with Crippen LogP contribution < -0.4 is 10.6 Å². The van der Waals surface area contributed by atoms with Gasteiger partial charge in [0.15, 0.2) is 5.17 Å². The molecule has 1 aliphatic heterocycles. The Morgan fingerprint density at radius 2 is 2.17 bits per heavy atom. The van der Waals surface area contributed by atoms with Crippen LogP contribution in [-0.2, 0) is 9.59 Å². The fourth-order valence-electron chi connectivity index (χ4n) is 2.91. The number of benzene rings is 1. The molecule has 0 radical (unpaired) electrons. The predicted octanol–water partition coefficient (Wildman–Crippen LogP) is 3.51. The Balaban J connectivity index is 1.58. The maximum Gasteiger partial charge on any atom is 0.240 e. The third kappa shape index (κ3) is 4.11. The van der Waals surface area contributed by atoms with Gasteiger partial charge in [0.25, 0.3) is 0 Å². The molecule has 2 fully saturated rings. The summed E-state index contributed by atoms with van der Waals surface area (Å²) in [6, 6.07) is 5.68. The fraction of sp³-hybridized carbons (Fsp3) is 0.471. The molecule has 2 N–H and O–H groups in total. The lowest BCUT2D eigenvalue weighted by molar-refractivity contribution is -0.122. The van der Waals surface area contributed by atoms with Crippen molar-refractivity contribution in [1.82, 2.24) is 5.32 Å². The summed E-state index contributed by atoms with van der Waals surface area (Å²) >= 11 is 7.41. The number of hydrogen-bond donors (Lipinski definition) is 2. The van der Waals surface area contributed by atoms with Crippen molar-refractivity contribution < 1.29 is 9.59 Å². The van der Waals surface area contributed by atoms with Crippen LogP contribution in [0.4, 0.5) is 5.69 Å². The molecule has 0 spiro atoms. The normalized spacial score (nSPS) is 22.8. The van der Waals surface area contributed by atoms with Crippen molar-refractivity contribution in [3.8, 4) is 0 Å². The summed E-state index contributed by atoms with van der Waals surface area (Å²) in [6.07, 6.45) is 4.68. The van der Waals surface area contributed by atoms with Crippen molar-refractivity contribution >= 4 is 46.0 Å². The minimum Gasteiger partial charge on any atom is -0.326 e. The number of thioether (sulfide) groups is 1. The summed E-state index contributed by atoms with van der Waals surface area (Å²) in [7, 11) is 0. The van der Waals surface area contributed by atoms with Gasteiger partial charge in [-0.3, -0.25) is 14.6 Å². The molecule has 5 nitrogen and oxygen atoms in total.